The zero-order valence-electron chi connectivity index (χ0n) is 24.9. The lowest BCUT2D eigenvalue weighted by Crippen LogP contribution is -2.60. The first-order chi connectivity index (χ1) is 22.3. The number of hydrogen-bond donors (Lipinski definition) is 2. The minimum Gasteiger partial charge on any atom is -0.508 e. The van der Waals surface area contributed by atoms with Crippen LogP contribution in [0.2, 0.25) is 0 Å². The fourth-order valence-corrected chi connectivity index (χ4v) is 8.56. The molecule has 0 spiro atoms. The number of ether oxygens (including phenoxy) is 2. The van der Waals surface area contributed by atoms with Gasteiger partial charge >= 0.3 is 6.01 Å². The molecule has 2 aromatic carbocycles. The van der Waals surface area contributed by atoms with Gasteiger partial charge in [-0.15, -0.1) is 6.42 Å². The molecule has 236 valence electrons. The van der Waals surface area contributed by atoms with Crippen LogP contribution in [0.25, 0.3) is 32.9 Å². The molecule has 0 unspecified atom stereocenters. The number of halogens is 3. The largest absolute Gasteiger partial charge is 0.508 e. The van der Waals surface area contributed by atoms with Crippen LogP contribution in [0, 0.1) is 24.0 Å². The lowest BCUT2D eigenvalue weighted by molar-refractivity contribution is 0.107. The minimum absolute atomic E-state index is 0.0179. The number of aromatic nitrogens is 3. The quantitative estimate of drug-likeness (QED) is 0.318. The number of aromatic hydroxyl groups is 1. The van der Waals surface area contributed by atoms with Crippen LogP contribution >= 0.6 is 0 Å². The SMILES string of the molecule is C#Cc1c(F)ccc2cc(O)cc(-c3nc4c5c(nc(OC[C@@]67CCCN6C[C@H](F)C7)nc5c3F)N3C[C@@H]5CC[C@@H](N5)[C@H]3CO4)c12. The highest BCUT2D eigenvalue weighted by Crippen LogP contribution is 2.45. The summed E-state index contributed by atoms with van der Waals surface area (Å²) in [7, 11) is 0. The van der Waals surface area contributed by atoms with Gasteiger partial charge in [-0.3, -0.25) is 4.90 Å². The predicted molar refractivity (Wildman–Crippen MR) is 165 cm³/mol. The third-order valence-corrected chi connectivity index (χ3v) is 10.6. The number of phenolic OH excluding ortho intramolecular Hbond substituents is 1. The zero-order valence-corrected chi connectivity index (χ0v) is 24.9. The number of nitrogens with zero attached hydrogens (tertiary/aromatic N) is 5. The van der Waals surface area contributed by atoms with Gasteiger partial charge in [-0.2, -0.15) is 9.97 Å². The summed E-state index contributed by atoms with van der Waals surface area (Å²) in [4.78, 5) is 18.4. The normalized spacial score (nSPS) is 28.2. The van der Waals surface area contributed by atoms with E-state index >= 15 is 4.39 Å². The zero-order chi connectivity index (χ0) is 31.3. The van der Waals surface area contributed by atoms with Gasteiger partial charge in [0.05, 0.1) is 17.1 Å². The molecular weight excluding hydrogens is 597 g/mol. The van der Waals surface area contributed by atoms with Gasteiger partial charge in [-0.25, -0.2) is 18.2 Å². The Morgan fingerprint density at radius 2 is 2.04 bits per heavy atom. The van der Waals surface area contributed by atoms with Crippen molar-refractivity contribution >= 4 is 27.5 Å². The smallest absolute Gasteiger partial charge is 0.319 e. The first-order valence-corrected chi connectivity index (χ1v) is 15.8. The van der Waals surface area contributed by atoms with Crippen molar-refractivity contribution in [1.82, 2.24) is 25.2 Å². The van der Waals surface area contributed by atoms with E-state index in [0.29, 0.717) is 36.1 Å². The van der Waals surface area contributed by atoms with E-state index in [0.717, 1.165) is 32.2 Å². The van der Waals surface area contributed by atoms with Gasteiger partial charge in [0.25, 0.3) is 0 Å². The van der Waals surface area contributed by atoms with Gasteiger partial charge in [0.2, 0.25) is 5.88 Å². The van der Waals surface area contributed by atoms with Crippen LogP contribution in [-0.4, -0.2) is 87.6 Å². The van der Waals surface area contributed by atoms with Gasteiger partial charge in [0.1, 0.15) is 53.4 Å². The van der Waals surface area contributed by atoms with Crippen LogP contribution in [0.4, 0.5) is 19.0 Å². The summed E-state index contributed by atoms with van der Waals surface area (Å²) in [5, 5.41) is 15.3. The lowest BCUT2D eigenvalue weighted by Gasteiger charge is -2.40. The Morgan fingerprint density at radius 3 is 2.91 bits per heavy atom. The number of fused-ring (bicyclic) bond motifs is 7. The van der Waals surface area contributed by atoms with Gasteiger partial charge in [-0.1, -0.05) is 12.0 Å². The maximum Gasteiger partial charge on any atom is 0.319 e. The number of phenols is 1. The number of nitrogens with one attached hydrogen (secondary N) is 1. The van der Waals surface area contributed by atoms with Crippen LogP contribution in [0.1, 0.15) is 37.7 Å². The number of hydrogen-bond acceptors (Lipinski definition) is 9. The van der Waals surface area contributed by atoms with Crippen molar-refractivity contribution in [2.45, 2.75) is 61.9 Å². The Hall–Kier alpha value is -4.34. The van der Waals surface area contributed by atoms with Crippen LogP contribution < -0.4 is 19.7 Å². The fraction of sp³-hybridized carbons (Fsp3) is 0.441. The van der Waals surface area contributed by atoms with E-state index in [1.807, 2.05) is 0 Å². The number of anilines is 1. The summed E-state index contributed by atoms with van der Waals surface area (Å²) in [5.74, 6) is 1.35. The minimum atomic E-state index is -0.927. The first-order valence-electron chi connectivity index (χ1n) is 15.8. The summed E-state index contributed by atoms with van der Waals surface area (Å²) >= 11 is 0. The predicted octanol–water partition coefficient (Wildman–Crippen LogP) is 4.47. The van der Waals surface area contributed by atoms with Gasteiger partial charge in [0, 0.05) is 42.5 Å². The summed E-state index contributed by atoms with van der Waals surface area (Å²) in [6.07, 6.45) is 8.89. The highest BCUT2D eigenvalue weighted by Gasteiger charge is 2.50. The molecule has 0 radical (unpaired) electrons. The van der Waals surface area contributed by atoms with E-state index in [1.54, 1.807) is 0 Å². The summed E-state index contributed by atoms with van der Waals surface area (Å²) in [6.45, 7) is 2.27. The molecular formula is C34H31F3N6O3. The topological polar surface area (TPSA) is 95.9 Å². The van der Waals surface area contributed by atoms with Crippen LogP contribution in [0.15, 0.2) is 24.3 Å². The maximum absolute atomic E-state index is 17.0. The van der Waals surface area contributed by atoms with Crippen molar-refractivity contribution in [2.24, 2.45) is 0 Å². The molecule has 2 N–H and O–H groups in total. The Balaban J connectivity index is 1.25. The van der Waals surface area contributed by atoms with Crippen LogP contribution in [0.3, 0.4) is 0 Å². The Morgan fingerprint density at radius 1 is 1.15 bits per heavy atom. The van der Waals surface area contributed by atoms with Gasteiger partial charge < -0.3 is 24.8 Å². The first kappa shape index (κ1) is 27.9. The van der Waals surface area contributed by atoms with Gasteiger partial charge in [0.15, 0.2) is 5.82 Å². The summed E-state index contributed by atoms with van der Waals surface area (Å²) in [5.41, 5.74) is -0.688. The van der Waals surface area contributed by atoms with E-state index in [4.69, 9.17) is 20.9 Å². The highest BCUT2D eigenvalue weighted by molar-refractivity contribution is 6.04. The average Bonchev–Trinajstić information content (AvgIpc) is 3.68. The standard InChI is InChI=1S/C34H31F3N6O3/c1-2-21-23(36)6-4-17-10-20(44)11-22(26(17)21)29-28(37)30-27-31(43-14-19-5-7-24(38-19)25(43)15-45-32(27)39-29)41-33(40-30)46-16-34-8-3-9-42(34)13-18(35)12-34/h1,4,6,10-11,18-19,24-25,38,44H,3,5,7-9,12-16H2/t18-,19+,24-,25-,34+/m1/s1. The molecule has 0 amide bonds. The second kappa shape index (κ2) is 10.1. The third kappa shape index (κ3) is 4.07. The molecule has 4 aromatic rings. The number of piperazine rings is 1. The molecule has 0 saturated carbocycles. The molecule has 12 heteroatoms. The van der Waals surface area contributed by atoms with Crippen molar-refractivity contribution in [1.29, 1.82) is 0 Å². The third-order valence-electron chi connectivity index (χ3n) is 10.6. The molecule has 5 aliphatic rings. The second-order valence-corrected chi connectivity index (χ2v) is 13.2. The summed E-state index contributed by atoms with van der Waals surface area (Å²) < 4.78 is 59.1. The van der Waals surface area contributed by atoms with Crippen LogP contribution in [-0.2, 0) is 0 Å². The van der Waals surface area contributed by atoms with Crippen molar-refractivity contribution < 1.29 is 27.8 Å². The van der Waals surface area contributed by atoms with Gasteiger partial charge in [-0.05, 0) is 55.8 Å². The molecule has 5 aliphatic heterocycles. The van der Waals surface area contributed by atoms with E-state index < -0.39 is 23.3 Å². The molecule has 46 heavy (non-hydrogen) atoms. The molecule has 5 atom stereocenters. The van der Waals surface area contributed by atoms with Crippen LogP contribution in [0.5, 0.6) is 17.6 Å². The van der Waals surface area contributed by atoms with Crippen molar-refractivity contribution in [3.8, 4) is 41.2 Å². The molecule has 4 fully saturated rings. The fourth-order valence-electron chi connectivity index (χ4n) is 8.56. The second-order valence-electron chi connectivity index (χ2n) is 13.2. The molecule has 7 heterocycles. The number of rotatable bonds is 4. The molecule has 2 bridgehead atoms. The lowest BCUT2D eigenvalue weighted by atomic mass is 9.95. The van der Waals surface area contributed by atoms with E-state index in [9.17, 15) is 13.9 Å². The molecule has 0 aliphatic carbocycles. The number of terminal acetylenes is 1. The number of alkyl halides is 1. The van der Waals surface area contributed by atoms with E-state index in [-0.39, 0.29) is 76.7 Å². The Labute approximate surface area is 262 Å². The highest BCUT2D eigenvalue weighted by atomic mass is 19.1. The van der Waals surface area contributed by atoms with Crippen molar-refractivity contribution in [2.75, 3.05) is 37.7 Å². The monoisotopic (exact) mass is 628 g/mol. The Bertz CT molecular complexity index is 1990. The summed E-state index contributed by atoms with van der Waals surface area (Å²) in [6, 6.07) is 5.72. The van der Waals surface area contributed by atoms with Crippen molar-refractivity contribution in [3.05, 3.63) is 41.5 Å². The number of benzene rings is 2. The molecule has 9 rings (SSSR count). The maximum atomic E-state index is 17.0. The Kier molecular flexibility index (Phi) is 6.12. The molecule has 9 nitrogen and oxygen atoms in total. The molecule has 2 aromatic heterocycles. The van der Waals surface area contributed by atoms with E-state index in [1.165, 1.54) is 24.3 Å². The average molecular weight is 629 g/mol. The van der Waals surface area contributed by atoms with Crippen molar-refractivity contribution in [3.63, 3.8) is 0 Å². The number of pyridine rings is 1. The van der Waals surface area contributed by atoms with E-state index in [2.05, 4.69) is 31.0 Å². The molecule has 4 saturated heterocycles.